The minimum absolute atomic E-state index is 0.108. The van der Waals surface area contributed by atoms with Crippen molar-refractivity contribution in [2.75, 3.05) is 19.6 Å². The number of hydrogen-bond donors (Lipinski definition) is 1. The van der Waals surface area contributed by atoms with Crippen LogP contribution in [0.15, 0.2) is 0 Å². The van der Waals surface area contributed by atoms with Gasteiger partial charge in [-0.3, -0.25) is 9.59 Å². The minimum Gasteiger partial charge on any atom is -0.355 e. The van der Waals surface area contributed by atoms with Crippen molar-refractivity contribution < 1.29 is 22.8 Å². The maximum atomic E-state index is 12.5. The zero-order valence-corrected chi connectivity index (χ0v) is 14.3. The molecule has 140 valence electrons. The number of nitrogens with one attached hydrogen (secondary N) is 1. The van der Waals surface area contributed by atoms with Crippen molar-refractivity contribution in [2.24, 2.45) is 29.1 Å². The van der Waals surface area contributed by atoms with Crippen LogP contribution in [0.4, 0.5) is 13.2 Å². The van der Waals surface area contributed by atoms with Gasteiger partial charge in [-0.1, -0.05) is 0 Å². The first-order valence-electron chi connectivity index (χ1n) is 9.34. The van der Waals surface area contributed by atoms with E-state index in [-0.39, 0.29) is 24.3 Å². The number of rotatable bonds is 4. The summed E-state index contributed by atoms with van der Waals surface area (Å²) in [6.07, 6.45) is 2.97. The highest BCUT2D eigenvalue weighted by atomic mass is 19.4. The SMILES string of the molecule is O=C(NCC12CC3CC(CC(C3)C1)C2)C1CC(=O)N(CC(F)(F)F)C1. The normalized spacial score (nSPS) is 40.0. The number of nitrogens with zero attached hydrogens (tertiary/aromatic N) is 1. The lowest BCUT2D eigenvalue weighted by molar-refractivity contribution is -0.157. The Morgan fingerprint density at radius 3 is 2.20 bits per heavy atom. The standard InChI is InChI=1S/C18H25F3N2O2/c19-18(20,21)10-23-8-14(4-15(23)24)16(25)22-9-17-5-11-1-12(6-17)3-13(2-11)7-17/h11-14H,1-10H2,(H,22,25). The maximum Gasteiger partial charge on any atom is 0.406 e. The van der Waals surface area contributed by atoms with Gasteiger partial charge in [-0.25, -0.2) is 0 Å². The van der Waals surface area contributed by atoms with Crippen LogP contribution >= 0.6 is 0 Å². The van der Waals surface area contributed by atoms with Gasteiger partial charge in [-0.15, -0.1) is 0 Å². The van der Waals surface area contributed by atoms with Gasteiger partial charge in [0.05, 0.1) is 5.92 Å². The molecular formula is C18H25F3N2O2. The number of amides is 2. The van der Waals surface area contributed by atoms with Gasteiger partial charge in [0, 0.05) is 19.5 Å². The van der Waals surface area contributed by atoms with Crippen LogP contribution in [0.3, 0.4) is 0 Å². The van der Waals surface area contributed by atoms with E-state index in [1.54, 1.807) is 0 Å². The number of halogens is 3. The number of likely N-dealkylation sites (tertiary alicyclic amines) is 1. The Bertz CT molecular complexity index is 540. The third-order valence-electron chi connectivity index (χ3n) is 6.76. The first-order valence-corrected chi connectivity index (χ1v) is 9.34. The fourth-order valence-electron chi connectivity index (χ4n) is 6.24. The van der Waals surface area contributed by atoms with Crippen molar-refractivity contribution in [1.82, 2.24) is 10.2 Å². The molecule has 0 spiro atoms. The van der Waals surface area contributed by atoms with Crippen molar-refractivity contribution in [3.05, 3.63) is 0 Å². The van der Waals surface area contributed by atoms with Crippen LogP contribution < -0.4 is 5.32 Å². The van der Waals surface area contributed by atoms with Crippen LogP contribution in [-0.4, -0.2) is 42.5 Å². The predicted octanol–water partition coefficient (Wildman–Crippen LogP) is 2.73. The van der Waals surface area contributed by atoms with Gasteiger partial charge in [0.2, 0.25) is 11.8 Å². The van der Waals surface area contributed by atoms with Gasteiger partial charge in [-0.2, -0.15) is 13.2 Å². The number of alkyl halides is 3. The minimum atomic E-state index is -4.42. The summed E-state index contributed by atoms with van der Waals surface area (Å²) >= 11 is 0. The zero-order chi connectivity index (χ0) is 17.8. The quantitative estimate of drug-likeness (QED) is 0.840. The molecule has 7 heteroatoms. The van der Waals surface area contributed by atoms with E-state index in [0.29, 0.717) is 6.54 Å². The molecule has 1 atom stereocenters. The molecule has 0 aromatic heterocycles. The van der Waals surface area contributed by atoms with E-state index in [1.165, 1.54) is 38.5 Å². The molecule has 1 N–H and O–H groups in total. The second-order valence-electron chi connectivity index (χ2n) is 8.93. The Hall–Kier alpha value is -1.27. The Kier molecular flexibility index (Phi) is 4.03. The van der Waals surface area contributed by atoms with Gasteiger partial charge in [0.25, 0.3) is 0 Å². The summed E-state index contributed by atoms with van der Waals surface area (Å²) in [6, 6.07) is 0. The van der Waals surface area contributed by atoms with Crippen molar-refractivity contribution in [3.63, 3.8) is 0 Å². The average Bonchev–Trinajstić information content (AvgIpc) is 2.83. The molecule has 5 fully saturated rings. The van der Waals surface area contributed by atoms with E-state index in [9.17, 15) is 22.8 Å². The summed E-state index contributed by atoms with van der Waals surface area (Å²) in [5, 5.41) is 2.99. The zero-order valence-electron chi connectivity index (χ0n) is 14.3. The lowest BCUT2D eigenvalue weighted by Crippen LogP contribution is -2.51. The molecule has 0 aromatic rings. The van der Waals surface area contributed by atoms with Crippen LogP contribution in [-0.2, 0) is 9.59 Å². The molecule has 25 heavy (non-hydrogen) atoms. The summed E-state index contributed by atoms with van der Waals surface area (Å²) in [4.78, 5) is 24.9. The van der Waals surface area contributed by atoms with Crippen LogP contribution in [0.5, 0.6) is 0 Å². The number of hydrogen-bond acceptors (Lipinski definition) is 2. The summed E-state index contributed by atoms with van der Waals surface area (Å²) < 4.78 is 37.5. The molecule has 5 rings (SSSR count). The second-order valence-corrected chi connectivity index (χ2v) is 8.93. The molecule has 1 unspecified atom stereocenters. The van der Waals surface area contributed by atoms with Crippen LogP contribution in [0.25, 0.3) is 0 Å². The Balaban J connectivity index is 1.32. The molecule has 4 saturated carbocycles. The lowest BCUT2D eigenvalue weighted by atomic mass is 9.49. The second kappa shape index (κ2) is 5.88. The Labute approximate surface area is 145 Å². The van der Waals surface area contributed by atoms with Crippen molar-refractivity contribution in [1.29, 1.82) is 0 Å². The summed E-state index contributed by atoms with van der Waals surface area (Å²) in [6.45, 7) is -0.755. The molecule has 0 aromatic carbocycles. The van der Waals surface area contributed by atoms with E-state index >= 15 is 0 Å². The third-order valence-corrected chi connectivity index (χ3v) is 6.76. The van der Waals surface area contributed by atoms with E-state index in [1.807, 2.05) is 0 Å². The molecular weight excluding hydrogens is 333 g/mol. The van der Waals surface area contributed by atoms with Gasteiger partial charge >= 0.3 is 6.18 Å². The van der Waals surface area contributed by atoms with Gasteiger partial charge in [-0.05, 0) is 61.7 Å². The molecule has 0 radical (unpaired) electrons. The van der Waals surface area contributed by atoms with E-state index < -0.39 is 24.5 Å². The average molecular weight is 358 g/mol. The van der Waals surface area contributed by atoms with Gasteiger partial charge in [0.1, 0.15) is 6.54 Å². The van der Waals surface area contributed by atoms with Gasteiger partial charge < -0.3 is 10.2 Å². The first-order chi connectivity index (χ1) is 11.7. The fourth-order valence-corrected chi connectivity index (χ4v) is 6.24. The molecule has 4 aliphatic carbocycles. The van der Waals surface area contributed by atoms with Crippen molar-refractivity contribution >= 4 is 11.8 Å². The van der Waals surface area contributed by atoms with E-state index in [2.05, 4.69) is 5.32 Å². The van der Waals surface area contributed by atoms with Gasteiger partial charge in [0.15, 0.2) is 0 Å². The summed E-state index contributed by atoms with van der Waals surface area (Å²) in [5.41, 5.74) is 0.193. The Morgan fingerprint density at radius 2 is 1.68 bits per heavy atom. The van der Waals surface area contributed by atoms with E-state index in [0.717, 1.165) is 22.7 Å². The molecule has 4 nitrogen and oxygen atoms in total. The van der Waals surface area contributed by atoms with Crippen LogP contribution in [0.1, 0.15) is 44.9 Å². The summed E-state index contributed by atoms with van der Waals surface area (Å²) in [7, 11) is 0. The van der Waals surface area contributed by atoms with Crippen molar-refractivity contribution in [2.45, 2.75) is 51.1 Å². The molecule has 2 amide bonds. The largest absolute Gasteiger partial charge is 0.406 e. The smallest absolute Gasteiger partial charge is 0.355 e. The first kappa shape index (κ1) is 17.2. The fraction of sp³-hybridized carbons (Fsp3) is 0.889. The maximum absolute atomic E-state index is 12.5. The van der Waals surface area contributed by atoms with Crippen LogP contribution in [0, 0.1) is 29.1 Å². The monoisotopic (exact) mass is 358 g/mol. The lowest BCUT2D eigenvalue weighted by Gasteiger charge is -2.57. The Morgan fingerprint density at radius 1 is 1.12 bits per heavy atom. The molecule has 5 aliphatic rings. The summed E-state index contributed by atoms with van der Waals surface area (Å²) in [5.74, 6) is 0.889. The number of carbonyl (C=O) groups is 2. The highest BCUT2D eigenvalue weighted by Crippen LogP contribution is 2.59. The highest BCUT2D eigenvalue weighted by molar-refractivity contribution is 5.89. The molecule has 1 saturated heterocycles. The van der Waals surface area contributed by atoms with Crippen molar-refractivity contribution in [3.8, 4) is 0 Å². The molecule has 1 heterocycles. The highest BCUT2D eigenvalue weighted by Gasteiger charge is 2.51. The molecule has 4 bridgehead atoms. The third kappa shape index (κ3) is 3.51. The molecule has 1 aliphatic heterocycles. The van der Waals surface area contributed by atoms with Crippen LogP contribution in [0.2, 0.25) is 0 Å². The predicted molar refractivity (Wildman–Crippen MR) is 84.4 cm³/mol. The number of carbonyl (C=O) groups excluding carboxylic acids is 2. The topological polar surface area (TPSA) is 49.4 Å². The van der Waals surface area contributed by atoms with E-state index in [4.69, 9.17) is 0 Å².